The van der Waals surface area contributed by atoms with Gasteiger partial charge in [0.2, 0.25) is 0 Å². The monoisotopic (exact) mass is 203 g/mol. The van der Waals surface area contributed by atoms with E-state index in [2.05, 4.69) is 4.98 Å². The average Bonchev–Trinajstić information content (AvgIpc) is 2.04. The van der Waals surface area contributed by atoms with Gasteiger partial charge in [-0.05, 0) is 6.07 Å². The summed E-state index contributed by atoms with van der Waals surface area (Å²) in [5, 5.41) is 25.7. The van der Waals surface area contributed by atoms with Gasteiger partial charge in [0, 0.05) is 11.7 Å². The van der Waals surface area contributed by atoms with Gasteiger partial charge in [0.15, 0.2) is 0 Å². The van der Waals surface area contributed by atoms with Crippen molar-refractivity contribution in [3.63, 3.8) is 0 Å². The van der Waals surface area contributed by atoms with Crippen LogP contribution in [0.5, 0.6) is 0 Å². The maximum absolute atomic E-state index is 10.3. The maximum Gasteiger partial charge on any atom is 0.490 e. The number of carboxylic acids is 1. The highest BCUT2D eigenvalue weighted by Gasteiger charge is 2.12. The third-order valence-electron chi connectivity index (χ3n) is 1.30. The third-order valence-corrected chi connectivity index (χ3v) is 1.30. The molecule has 0 amide bonds. The number of pyridine rings is 1. The summed E-state index contributed by atoms with van der Waals surface area (Å²) in [4.78, 5) is 13.8. The molecule has 0 saturated heterocycles. The lowest BCUT2D eigenvalue weighted by molar-refractivity contribution is 0.0690. The highest BCUT2D eigenvalue weighted by atomic mass is 35.5. The van der Waals surface area contributed by atoms with Gasteiger partial charge in [0.05, 0.1) is 0 Å². The lowest BCUT2D eigenvalue weighted by Crippen LogP contribution is -2.30. The topological polar surface area (TPSA) is 90.7 Å². The molecule has 0 spiro atoms. The van der Waals surface area contributed by atoms with Gasteiger partial charge in [-0.1, -0.05) is 6.07 Å². The minimum Gasteiger partial charge on any atom is -0.477 e. The first-order valence-corrected chi connectivity index (χ1v) is 3.16. The molecule has 7 heteroatoms. The van der Waals surface area contributed by atoms with Crippen LogP contribution in [0.3, 0.4) is 0 Å². The molecule has 0 unspecified atom stereocenters. The minimum atomic E-state index is -1.61. The van der Waals surface area contributed by atoms with Crippen LogP contribution in [0.2, 0.25) is 0 Å². The normalized spacial score (nSPS) is 8.77. The van der Waals surface area contributed by atoms with E-state index in [0.717, 1.165) is 6.20 Å². The van der Waals surface area contributed by atoms with Crippen molar-refractivity contribution in [1.82, 2.24) is 4.98 Å². The standard InChI is InChI=1S/C6H6BNO4.ClH/c9-6(10)5-2-1-4(3-8-5)7(11)12;/h1-3,11-12H,(H,9,10);1H. The first-order chi connectivity index (χ1) is 5.61. The van der Waals surface area contributed by atoms with Crippen LogP contribution in [0.4, 0.5) is 0 Å². The Hall–Kier alpha value is -1.11. The lowest BCUT2D eigenvalue weighted by Gasteiger charge is -1.97. The fourth-order valence-corrected chi connectivity index (χ4v) is 0.685. The zero-order valence-electron chi connectivity index (χ0n) is 6.41. The summed E-state index contributed by atoms with van der Waals surface area (Å²) >= 11 is 0. The van der Waals surface area contributed by atoms with Crippen LogP contribution in [-0.4, -0.2) is 33.2 Å². The minimum absolute atomic E-state index is 0. The summed E-state index contributed by atoms with van der Waals surface area (Å²) in [6.45, 7) is 0. The van der Waals surface area contributed by atoms with Crippen molar-refractivity contribution in [3.8, 4) is 0 Å². The number of hydrogen-bond acceptors (Lipinski definition) is 4. The largest absolute Gasteiger partial charge is 0.490 e. The van der Waals surface area contributed by atoms with Gasteiger partial charge in [0.1, 0.15) is 5.69 Å². The van der Waals surface area contributed by atoms with Crippen molar-refractivity contribution >= 4 is 31.0 Å². The molecule has 1 heterocycles. The summed E-state index contributed by atoms with van der Waals surface area (Å²) in [5.41, 5.74) is 0.0411. The molecular formula is C6H7BClNO4. The number of carbonyl (C=O) groups is 1. The van der Waals surface area contributed by atoms with Gasteiger partial charge in [-0.15, -0.1) is 12.4 Å². The van der Waals surface area contributed by atoms with Gasteiger partial charge >= 0.3 is 13.1 Å². The molecule has 70 valence electrons. The number of aromatic carboxylic acids is 1. The smallest absolute Gasteiger partial charge is 0.477 e. The fraction of sp³-hybridized carbons (Fsp3) is 0. The summed E-state index contributed by atoms with van der Waals surface area (Å²) < 4.78 is 0. The van der Waals surface area contributed by atoms with Crippen molar-refractivity contribution in [2.24, 2.45) is 0 Å². The van der Waals surface area contributed by atoms with E-state index in [9.17, 15) is 4.79 Å². The molecule has 0 bridgehead atoms. The molecule has 0 aliphatic heterocycles. The van der Waals surface area contributed by atoms with Crippen LogP contribution in [0.15, 0.2) is 18.3 Å². The Kier molecular flexibility index (Phi) is 4.40. The predicted octanol–water partition coefficient (Wildman–Crippen LogP) is -1.12. The van der Waals surface area contributed by atoms with E-state index >= 15 is 0 Å². The van der Waals surface area contributed by atoms with Crippen molar-refractivity contribution < 1.29 is 19.9 Å². The Bertz CT molecular complexity index is 289. The molecule has 3 N–H and O–H groups in total. The van der Waals surface area contributed by atoms with Crippen LogP contribution in [0.1, 0.15) is 10.5 Å². The average molecular weight is 203 g/mol. The van der Waals surface area contributed by atoms with E-state index in [0.29, 0.717) is 0 Å². The van der Waals surface area contributed by atoms with Gasteiger partial charge in [0.25, 0.3) is 0 Å². The molecule has 5 nitrogen and oxygen atoms in total. The Morgan fingerprint density at radius 1 is 1.38 bits per heavy atom. The van der Waals surface area contributed by atoms with Gasteiger partial charge < -0.3 is 15.2 Å². The van der Waals surface area contributed by atoms with E-state index in [1.165, 1.54) is 12.1 Å². The quantitative estimate of drug-likeness (QED) is 0.530. The zero-order valence-corrected chi connectivity index (χ0v) is 7.23. The van der Waals surface area contributed by atoms with Gasteiger partial charge in [-0.3, -0.25) is 0 Å². The molecular weight excluding hydrogens is 196 g/mol. The highest BCUT2D eigenvalue weighted by molar-refractivity contribution is 6.58. The Labute approximate surface area is 80.6 Å². The van der Waals surface area contributed by atoms with Crippen molar-refractivity contribution in [3.05, 3.63) is 24.0 Å². The van der Waals surface area contributed by atoms with E-state index in [1.54, 1.807) is 0 Å². The summed E-state index contributed by atoms with van der Waals surface area (Å²) in [6, 6.07) is 2.50. The number of nitrogens with zero attached hydrogens (tertiary/aromatic N) is 1. The zero-order chi connectivity index (χ0) is 9.14. The van der Waals surface area contributed by atoms with Crippen LogP contribution in [-0.2, 0) is 0 Å². The van der Waals surface area contributed by atoms with E-state index in [4.69, 9.17) is 15.2 Å². The summed E-state index contributed by atoms with van der Waals surface area (Å²) in [5.74, 6) is -1.14. The molecule has 1 aromatic heterocycles. The fourth-order valence-electron chi connectivity index (χ4n) is 0.685. The van der Waals surface area contributed by atoms with Crippen molar-refractivity contribution in [2.75, 3.05) is 0 Å². The second kappa shape index (κ2) is 4.81. The Morgan fingerprint density at radius 2 is 2.00 bits per heavy atom. The number of rotatable bonds is 2. The molecule has 1 rings (SSSR count). The van der Waals surface area contributed by atoms with Crippen LogP contribution in [0, 0.1) is 0 Å². The molecule has 13 heavy (non-hydrogen) atoms. The van der Waals surface area contributed by atoms with Crippen molar-refractivity contribution in [1.29, 1.82) is 0 Å². The molecule has 0 aromatic carbocycles. The number of aromatic nitrogens is 1. The van der Waals surface area contributed by atoms with Crippen LogP contribution < -0.4 is 5.46 Å². The first-order valence-electron chi connectivity index (χ1n) is 3.16. The third kappa shape index (κ3) is 3.02. The SMILES string of the molecule is Cl.O=C(O)c1ccc(B(O)O)cn1. The second-order valence-electron chi connectivity index (χ2n) is 2.16. The highest BCUT2D eigenvalue weighted by Crippen LogP contribution is 1.90. The molecule has 0 aliphatic rings. The lowest BCUT2D eigenvalue weighted by atomic mass is 9.82. The van der Waals surface area contributed by atoms with E-state index in [1.807, 2.05) is 0 Å². The predicted molar refractivity (Wildman–Crippen MR) is 48.3 cm³/mol. The molecule has 0 fully saturated rings. The van der Waals surface area contributed by atoms with Gasteiger partial charge in [-0.25, -0.2) is 9.78 Å². The van der Waals surface area contributed by atoms with Crippen molar-refractivity contribution in [2.45, 2.75) is 0 Å². The number of hydrogen-bond donors (Lipinski definition) is 3. The number of carboxylic acid groups (broad SMARTS) is 1. The Morgan fingerprint density at radius 3 is 2.31 bits per heavy atom. The second-order valence-corrected chi connectivity index (χ2v) is 2.16. The number of halogens is 1. The van der Waals surface area contributed by atoms with E-state index < -0.39 is 13.1 Å². The summed E-state index contributed by atoms with van der Waals surface area (Å²) in [6.07, 6.45) is 1.11. The van der Waals surface area contributed by atoms with E-state index in [-0.39, 0.29) is 23.6 Å². The van der Waals surface area contributed by atoms with Crippen LogP contribution >= 0.6 is 12.4 Å². The molecule has 0 atom stereocenters. The maximum atomic E-state index is 10.3. The molecule has 0 saturated carbocycles. The molecule has 0 radical (unpaired) electrons. The first kappa shape index (κ1) is 11.9. The van der Waals surface area contributed by atoms with Gasteiger partial charge in [-0.2, -0.15) is 0 Å². The molecule has 1 aromatic rings. The van der Waals surface area contributed by atoms with Crippen LogP contribution in [0.25, 0.3) is 0 Å². The molecule has 0 aliphatic carbocycles. The Balaban J connectivity index is 0.00000144. The summed E-state index contributed by atoms with van der Waals surface area (Å²) in [7, 11) is -1.61.